The maximum atomic E-state index is 11.8. The van der Waals surface area contributed by atoms with E-state index in [1.54, 1.807) is 6.33 Å². The summed E-state index contributed by atoms with van der Waals surface area (Å²) in [6.45, 7) is 11.3. The van der Waals surface area contributed by atoms with Crippen LogP contribution in [0.2, 0.25) is 0 Å². The summed E-state index contributed by atoms with van der Waals surface area (Å²) < 4.78 is 1.85. The van der Waals surface area contributed by atoms with Crippen molar-refractivity contribution in [1.82, 2.24) is 25.4 Å². The topological polar surface area (TPSA) is 71.8 Å². The van der Waals surface area contributed by atoms with Gasteiger partial charge in [-0.1, -0.05) is 13.8 Å². The largest absolute Gasteiger partial charge is 0.354 e. The predicted molar refractivity (Wildman–Crippen MR) is 74.6 cm³/mol. The lowest BCUT2D eigenvalue weighted by atomic mass is 10.2. The molecule has 0 aliphatic carbocycles. The third-order valence-electron chi connectivity index (χ3n) is 2.78. The second-order valence-corrected chi connectivity index (χ2v) is 5.46. The van der Waals surface area contributed by atoms with Crippen LogP contribution in [0.25, 0.3) is 0 Å². The van der Waals surface area contributed by atoms with Crippen molar-refractivity contribution >= 4 is 5.91 Å². The molecule has 1 aromatic rings. The summed E-state index contributed by atoms with van der Waals surface area (Å²) in [4.78, 5) is 16.0. The predicted octanol–water partition coefficient (Wildman–Crippen LogP) is 1.11. The molecular formula is C13H25N5O. The number of carbonyl (C=O) groups excluding carboxylic acids is 1. The van der Waals surface area contributed by atoms with Gasteiger partial charge in [0, 0.05) is 12.6 Å². The van der Waals surface area contributed by atoms with Crippen molar-refractivity contribution in [3.05, 3.63) is 12.2 Å². The Bertz CT molecular complexity index is 399. The van der Waals surface area contributed by atoms with Crippen LogP contribution in [0.4, 0.5) is 0 Å². The van der Waals surface area contributed by atoms with Crippen LogP contribution in [-0.4, -0.2) is 33.3 Å². The fourth-order valence-electron chi connectivity index (χ4n) is 1.63. The van der Waals surface area contributed by atoms with E-state index in [2.05, 4.69) is 48.4 Å². The lowest BCUT2D eigenvalue weighted by Gasteiger charge is -2.16. The summed E-state index contributed by atoms with van der Waals surface area (Å²) in [6.07, 6.45) is 1.54. The van der Waals surface area contributed by atoms with Gasteiger partial charge in [-0.25, -0.2) is 9.67 Å². The Morgan fingerprint density at radius 1 is 1.32 bits per heavy atom. The van der Waals surface area contributed by atoms with E-state index in [0.717, 1.165) is 5.82 Å². The number of hydrogen-bond donors (Lipinski definition) is 2. The minimum atomic E-state index is -0.240. The number of aromatic nitrogens is 3. The first-order valence-electron chi connectivity index (χ1n) is 6.81. The summed E-state index contributed by atoms with van der Waals surface area (Å²) in [5.74, 6) is 1.32. The summed E-state index contributed by atoms with van der Waals surface area (Å²) in [5, 5.41) is 10.2. The van der Waals surface area contributed by atoms with E-state index in [4.69, 9.17) is 0 Å². The molecule has 0 aliphatic heterocycles. The molecular weight excluding hydrogens is 242 g/mol. The highest BCUT2D eigenvalue weighted by Gasteiger charge is 2.14. The molecule has 0 radical (unpaired) electrons. The van der Waals surface area contributed by atoms with Crippen LogP contribution in [0.3, 0.4) is 0 Å². The van der Waals surface area contributed by atoms with E-state index in [-0.39, 0.29) is 18.0 Å². The Morgan fingerprint density at radius 3 is 2.58 bits per heavy atom. The first-order valence-corrected chi connectivity index (χ1v) is 6.81. The molecule has 108 valence electrons. The third-order valence-corrected chi connectivity index (χ3v) is 2.78. The highest BCUT2D eigenvalue weighted by atomic mass is 16.2. The molecule has 0 aliphatic rings. The molecule has 1 aromatic heterocycles. The van der Waals surface area contributed by atoms with Crippen molar-refractivity contribution in [2.75, 3.05) is 6.54 Å². The maximum absolute atomic E-state index is 11.8. The summed E-state index contributed by atoms with van der Waals surface area (Å²) >= 11 is 0. The molecule has 0 fully saturated rings. The van der Waals surface area contributed by atoms with Crippen LogP contribution in [0.5, 0.6) is 0 Å². The fraction of sp³-hybridized carbons (Fsp3) is 0.769. The van der Waals surface area contributed by atoms with Gasteiger partial charge < -0.3 is 5.32 Å². The summed E-state index contributed by atoms with van der Waals surface area (Å²) in [5.41, 5.74) is 0. The van der Waals surface area contributed by atoms with Crippen LogP contribution in [0.1, 0.15) is 46.5 Å². The van der Waals surface area contributed by atoms with Crippen molar-refractivity contribution in [1.29, 1.82) is 0 Å². The summed E-state index contributed by atoms with van der Waals surface area (Å²) in [6, 6.07) is 0.0282. The van der Waals surface area contributed by atoms with E-state index in [0.29, 0.717) is 19.0 Å². The van der Waals surface area contributed by atoms with Gasteiger partial charge in [0.15, 0.2) is 0 Å². The van der Waals surface area contributed by atoms with Gasteiger partial charge in [0.05, 0.1) is 12.6 Å². The zero-order valence-electron chi connectivity index (χ0n) is 12.5. The molecule has 1 atom stereocenters. The third kappa shape index (κ3) is 4.98. The molecule has 1 unspecified atom stereocenters. The van der Waals surface area contributed by atoms with E-state index in [9.17, 15) is 4.79 Å². The van der Waals surface area contributed by atoms with Crippen LogP contribution < -0.4 is 10.6 Å². The van der Waals surface area contributed by atoms with Gasteiger partial charge in [-0.2, -0.15) is 5.10 Å². The van der Waals surface area contributed by atoms with E-state index < -0.39 is 0 Å². The van der Waals surface area contributed by atoms with Crippen LogP contribution in [0, 0.1) is 5.92 Å². The highest BCUT2D eigenvalue weighted by molar-refractivity contribution is 5.81. The lowest BCUT2D eigenvalue weighted by molar-refractivity contribution is -0.122. The Kier molecular flexibility index (Phi) is 5.95. The fourth-order valence-corrected chi connectivity index (χ4v) is 1.63. The average Bonchev–Trinajstić information content (AvgIpc) is 2.81. The van der Waals surface area contributed by atoms with Gasteiger partial charge in [0.1, 0.15) is 12.2 Å². The molecule has 1 amide bonds. The molecule has 1 heterocycles. The number of nitrogens with zero attached hydrogens (tertiary/aromatic N) is 3. The molecule has 19 heavy (non-hydrogen) atoms. The van der Waals surface area contributed by atoms with Gasteiger partial charge in [0.2, 0.25) is 5.91 Å². The number of amides is 1. The monoisotopic (exact) mass is 267 g/mol. The van der Waals surface area contributed by atoms with Crippen molar-refractivity contribution in [2.24, 2.45) is 5.92 Å². The molecule has 0 aromatic carbocycles. The van der Waals surface area contributed by atoms with Gasteiger partial charge in [0.25, 0.3) is 0 Å². The molecule has 6 heteroatoms. The maximum Gasteiger partial charge on any atom is 0.236 e. The Hall–Kier alpha value is -1.43. The van der Waals surface area contributed by atoms with Gasteiger partial charge >= 0.3 is 0 Å². The van der Waals surface area contributed by atoms with Crippen LogP contribution >= 0.6 is 0 Å². The van der Waals surface area contributed by atoms with E-state index in [1.165, 1.54) is 0 Å². The minimum absolute atomic E-state index is 0.0179. The van der Waals surface area contributed by atoms with Gasteiger partial charge in [-0.15, -0.1) is 0 Å². The van der Waals surface area contributed by atoms with Gasteiger partial charge in [-0.3, -0.25) is 10.1 Å². The second-order valence-electron chi connectivity index (χ2n) is 5.46. The number of hydrogen-bond acceptors (Lipinski definition) is 4. The van der Waals surface area contributed by atoms with Crippen molar-refractivity contribution in [2.45, 2.75) is 53.2 Å². The Labute approximate surface area is 115 Å². The molecule has 0 saturated heterocycles. The molecule has 1 rings (SSSR count). The molecule has 0 bridgehead atoms. The quantitative estimate of drug-likeness (QED) is 0.776. The molecule has 0 spiro atoms. The summed E-state index contributed by atoms with van der Waals surface area (Å²) in [7, 11) is 0. The first-order chi connectivity index (χ1) is 8.91. The van der Waals surface area contributed by atoms with Gasteiger partial charge in [-0.05, 0) is 26.7 Å². The van der Waals surface area contributed by atoms with Crippen LogP contribution in [-0.2, 0) is 11.3 Å². The van der Waals surface area contributed by atoms with E-state index >= 15 is 0 Å². The zero-order chi connectivity index (χ0) is 14.4. The normalized spacial score (nSPS) is 13.0. The standard InChI is InChI=1S/C13H25N5O/c1-9(2)6-15-13(19)11(5)14-7-12-16-8-17-18(12)10(3)4/h8-11,14H,6-7H2,1-5H3,(H,15,19). The Morgan fingerprint density at radius 2 is 2.00 bits per heavy atom. The number of rotatable bonds is 7. The molecule has 2 N–H and O–H groups in total. The van der Waals surface area contributed by atoms with Crippen molar-refractivity contribution < 1.29 is 4.79 Å². The number of carbonyl (C=O) groups is 1. The number of nitrogens with one attached hydrogen (secondary N) is 2. The highest BCUT2D eigenvalue weighted by Crippen LogP contribution is 2.04. The van der Waals surface area contributed by atoms with Crippen LogP contribution in [0.15, 0.2) is 6.33 Å². The van der Waals surface area contributed by atoms with Crippen molar-refractivity contribution in [3.63, 3.8) is 0 Å². The molecule has 0 saturated carbocycles. The zero-order valence-corrected chi connectivity index (χ0v) is 12.5. The van der Waals surface area contributed by atoms with Crippen molar-refractivity contribution in [3.8, 4) is 0 Å². The first kappa shape index (κ1) is 15.6. The SMILES string of the molecule is CC(C)CNC(=O)C(C)NCc1ncnn1C(C)C. The lowest BCUT2D eigenvalue weighted by Crippen LogP contribution is -2.43. The van der Waals surface area contributed by atoms with E-state index in [1.807, 2.05) is 11.6 Å². The Balaban J connectivity index is 2.43. The smallest absolute Gasteiger partial charge is 0.236 e. The minimum Gasteiger partial charge on any atom is -0.354 e. The molecule has 6 nitrogen and oxygen atoms in total. The second kappa shape index (κ2) is 7.23. The average molecular weight is 267 g/mol.